The first-order valence-electron chi connectivity index (χ1n) is 10.2. The Morgan fingerprint density at radius 1 is 0.966 bits per heavy atom. The summed E-state index contributed by atoms with van der Waals surface area (Å²) >= 11 is 0. The van der Waals surface area contributed by atoms with Crippen LogP contribution in [0.5, 0.6) is 0 Å². The zero-order chi connectivity index (χ0) is 21.1. The van der Waals surface area contributed by atoms with Gasteiger partial charge >= 0.3 is 11.3 Å². The van der Waals surface area contributed by atoms with E-state index in [1.165, 1.54) is 0 Å². The van der Waals surface area contributed by atoms with Gasteiger partial charge in [-0.05, 0) is 29.3 Å². The monoisotopic (exact) mass is 410 g/mol. The number of hydrogen-bond donors (Lipinski definition) is 0. The quantitative estimate of drug-likeness (QED) is 0.168. The van der Waals surface area contributed by atoms with Crippen molar-refractivity contribution in [2.24, 2.45) is 0 Å². The van der Waals surface area contributed by atoms with Crippen molar-refractivity contribution in [2.45, 2.75) is 51.6 Å². The van der Waals surface area contributed by atoms with Gasteiger partial charge in [-0.1, -0.05) is 81.4 Å². The molecule has 0 N–H and O–H groups in total. The fourth-order valence-corrected chi connectivity index (χ4v) is 6.73. The highest BCUT2D eigenvalue weighted by atomic mass is 28.3. The van der Waals surface area contributed by atoms with Crippen LogP contribution in [0.1, 0.15) is 38.0 Å². The fraction of sp³-hybridized carbons (Fsp3) is 0.391. The summed E-state index contributed by atoms with van der Waals surface area (Å²) in [5, 5.41) is 0.217. The molecule has 0 saturated heterocycles. The number of benzene rings is 2. The van der Waals surface area contributed by atoms with Crippen molar-refractivity contribution < 1.29 is 19.1 Å². The Balaban J connectivity index is 2.16. The largest absolute Gasteiger partial charge is 0.447 e. The van der Waals surface area contributed by atoms with Gasteiger partial charge in [0.2, 0.25) is 8.07 Å². The van der Waals surface area contributed by atoms with E-state index in [-0.39, 0.29) is 11.9 Å². The zero-order valence-corrected chi connectivity index (χ0v) is 18.5. The van der Waals surface area contributed by atoms with Crippen molar-refractivity contribution in [3.63, 3.8) is 0 Å². The maximum Gasteiger partial charge on any atom is 0.410 e. The molecule has 0 aliphatic carbocycles. The third-order valence-electron chi connectivity index (χ3n) is 5.63. The number of rotatable bonds is 11. The fourth-order valence-electron chi connectivity index (χ4n) is 3.52. The lowest BCUT2D eigenvalue weighted by Gasteiger charge is -2.23. The third-order valence-corrected chi connectivity index (χ3v) is 11.0. The number of carbonyl (C=O) groups excluding carboxylic acids is 1. The minimum absolute atomic E-state index is 0.217. The van der Waals surface area contributed by atoms with Gasteiger partial charge in [-0.2, -0.15) is 4.79 Å². The van der Waals surface area contributed by atoms with Gasteiger partial charge in [0.15, 0.2) is 6.10 Å². The summed E-state index contributed by atoms with van der Waals surface area (Å²) in [5.41, 5.74) is 11.5. The van der Waals surface area contributed by atoms with E-state index in [1.807, 2.05) is 60.7 Å². The number of carbonyl (C=O) groups is 1. The van der Waals surface area contributed by atoms with Crippen molar-refractivity contribution in [1.29, 1.82) is 0 Å². The van der Waals surface area contributed by atoms with Gasteiger partial charge in [-0.25, -0.2) is 4.79 Å². The standard InChI is InChI=1S/C23H30N2O3Si/c1-4-29(5-2,6-3)22(25-24)23(26)28-21(20-15-11-8-12-16-20)18-27-17-19-13-9-7-10-14-19/h7-16,21H,4-6,17-18H2,1-3H3. The SMILES string of the molecule is CC[Si](CC)(CC)C(=[N+]=[N-])C(=O)OC(COCc1ccccc1)c1ccccc1. The second-order valence-corrected chi connectivity index (χ2v) is 12.3. The van der Waals surface area contributed by atoms with Crippen LogP contribution >= 0.6 is 0 Å². The molecule has 0 heterocycles. The first kappa shape index (κ1) is 22.8. The molecule has 0 amide bonds. The summed E-state index contributed by atoms with van der Waals surface area (Å²) in [7, 11) is -2.18. The summed E-state index contributed by atoms with van der Waals surface area (Å²) in [6.45, 7) is 6.81. The Bertz CT molecular complexity index is 808. The van der Waals surface area contributed by atoms with Gasteiger partial charge in [0.1, 0.15) is 0 Å². The number of nitrogens with zero attached hydrogens (tertiary/aromatic N) is 2. The lowest BCUT2D eigenvalue weighted by atomic mass is 10.1. The normalized spacial score (nSPS) is 12.1. The van der Waals surface area contributed by atoms with Crippen molar-refractivity contribution in [3.8, 4) is 0 Å². The molecular formula is C23H30N2O3Si. The molecule has 0 aliphatic rings. The van der Waals surface area contributed by atoms with Gasteiger partial charge in [0.05, 0.1) is 13.2 Å². The Labute approximate surface area is 174 Å². The van der Waals surface area contributed by atoms with Crippen LogP contribution in [0.25, 0.3) is 5.53 Å². The van der Waals surface area contributed by atoms with E-state index in [0.29, 0.717) is 6.61 Å². The molecule has 2 rings (SSSR count). The molecule has 1 atom stereocenters. The van der Waals surface area contributed by atoms with Gasteiger partial charge < -0.3 is 15.0 Å². The first-order chi connectivity index (χ1) is 14.1. The van der Waals surface area contributed by atoms with Gasteiger partial charge in [0, 0.05) is 0 Å². The molecule has 5 nitrogen and oxygen atoms in total. The van der Waals surface area contributed by atoms with Crippen molar-refractivity contribution in [3.05, 3.63) is 77.3 Å². The van der Waals surface area contributed by atoms with Crippen LogP contribution in [0.2, 0.25) is 18.1 Å². The van der Waals surface area contributed by atoms with Gasteiger partial charge in [-0.15, -0.1) is 0 Å². The average molecular weight is 411 g/mol. The molecule has 0 aromatic heterocycles. The highest BCUT2D eigenvalue weighted by molar-refractivity contribution is 7.13. The summed E-state index contributed by atoms with van der Waals surface area (Å²) in [6, 6.07) is 21.9. The highest BCUT2D eigenvalue weighted by Gasteiger charge is 2.47. The molecule has 0 radical (unpaired) electrons. The summed E-state index contributed by atoms with van der Waals surface area (Å²) in [4.78, 5) is 16.4. The van der Waals surface area contributed by atoms with Crippen LogP contribution in [0.3, 0.4) is 0 Å². The first-order valence-corrected chi connectivity index (χ1v) is 12.8. The van der Waals surface area contributed by atoms with E-state index in [0.717, 1.165) is 29.3 Å². The van der Waals surface area contributed by atoms with E-state index >= 15 is 0 Å². The van der Waals surface area contributed by atoms with E-state index in [4.69, 9.17) is 9.47 Å². The molecule has 2 aromatic rings. The lowest BCUT2D eigenvalue weighted by Crippen LogP contribution is -2.48. The minimum atomic E-state index is -2.18. The lowest BCUT2D eigenvalue weighted by molar-refractivity contribution is -0.148. The topological polar surface area (TPSA) is 71.9 Å². The molecular weight excluding hydrogens is 380 g/mol. The molecule has 0 aliphatic heterocycles. The number of esters is 1. The minimum Gasteiger partial charge on any atom is -0.447 e. The van der Waals surface area contributed by atoms with Gasteiger partial charge in [-0.3, -0.25) is 0 Å². The van der Waals surface area contributed by atoms with Crippen molar-refractivity contribution in [2.75, 3.05) is 6.61 Å². The van der Waals surface area contributed by atoms with E-state index in [2.05, 4.69) is 25.6 Å². The van der Waals surface area contributed by atoms with Crippen LogP contribution in [-0.4, -0.2) is 30.8 Å². The highest BCUT2D eigenvalue weighted by Crippen LogP contribution is 2.25. The predicted molar refractivity (Wildman–Crippen MR) is 117 cm³/mol. The number of ether oxygens (including phenoxy) is 2. The van der Waals surface area contributed by atoms with Crippen LogP contribution in [0.4, 0.5) is 0 Å². The van der Waals surface area contributed by atoms with E-state index in [9.17, 15) is 10.3 Å². The van der Waals surface area contributed by atoms with Crippen molar-refractivity contribution >= 4 is 19.4 Å². The Morgan fingerprint density at radius 3 is 2.03 bits per heavy atom. The van der Waals surface area contributed by atoms with E-state index in [1.54, 1.807) is 0 Å². The molecule has 0 saturated carbocycles. The summed E-state index contributed by atoms with van der Waals surface area (Å²) in [6.07, 6.45) is -0.568. The smallest absolute Gasteiger partial charge is 0.410 e. The van der Waals surface area contributed by atoms with E-state index < -0.39 is 20.1 Å². The zero-order valence-electron chi connectivity index (χ0n) is 17.5. The molecule has 0 fully saturated rings. The molecule has 1 unspecified atom stereocenters. The van der Waals surface area contributed by atoms with Crippen LogP contribution in [0.15, 0.2) is 60.7 Å². The Hall–Kier alpha value is -2.53. The molecule has 6 heteroatoms. The molecule has 2 aromatic carbocycles. The molecule has 154 valence electrons. The Kier molecular flexibility index (Phi) is 8.99. The van der Waals surface area contributed by atoms with Crippen molar-refractivity contribution in [1.82, 2.24) is 0 Å². The second-order valence-electron chi connectivity index (χ2n) is 7.09. The average Bonchev–Trinajstić information content (AvgIpc) is 2.78. The predicted octanol–water partition coefficient (Wildman–Crippen LogP) is 5.21. The molecule has 0 bridgehead atoms. The van der Waals surface area contributed by atoms with Gasteiger partial charge in [0.25, 0.3) is 0 Å². The maximum atomic E-state index is 13.0. The second kappa shape index (κ2) is 11.5. The summed E-state index contributed by atoms with van der Waals surface area (Å²) in [5.74, 6) is -0.540. The number of hydrogen-bond acceptors (Lipinski definition) is 3. The van der Waals surface area contributed by atoms with Crippen LogP contribution in [-0.2, 0) is 20.9 Å². The Morgan fingerprint density at radius 2 is 1.52 bits per heavy atom. The maximum absolute atomic E-state index is 13.0. The summed E-state index contributed by atoms with van der Waals surface area (Å²) < 4.78 is 11.7. The molecule has 29 heavy (non-hydrogen) atoms. The van der Waals surface area contributed by atoms with Crippen LogP contribution < -0.4 is 0 Å². The molecule has 0 spiro atoms. The third kappa shape index (κ3) is 5.97. The van der Waals surface area contributed by atoms with Crippen LogP contribution in [0, 0.1) is 0 Å².